The van der Waals surface area contributed by atoms with E-state index in [-0.39, 0.29) is 0 Å². The molecule has 7 aromatic carbocycles. The molecule has 0 N–H and O–H groups in total. The minimum Gasteiger partial charge on any atom is -0.452 e. The summed E-state index contributed by atoms with van der Waals surface area (Å²) in [5.41, 5.74) is 11.3. The van der Waals surface area contributed by atoms with Gasteiger partial charge in [-0.25, -0.2) is 0 Å². The highest BCUT2D eigenvalue weighted by atomic mass is 16.4. The number of benzene rings is 7. The predicted octanol–water partition coefficient (Wildman–Crippen LogP) is 12.1. The Morgan fingerprint density at radius 1 is 0.455 bits per heavy atom. The fraction of sp³-hybridized carbons (Fsp3) is 0.0476. The van der Waals surface area contributed by atoms with E-state index in [1.165, 1.54) is 54.9 Å². The van der Waals surface area contributed by atoms with Gasteiger partial charge in [-0.3, -0.25) is 0 Å². The van der Waals surface area contributed by atoms with Crippen molar-refractivity contribution < 1.29 is 8.83 Å². The number of fused-ring (bicyclic) bond motifs is 10. The van der Waals surface area contributed by atoms with Gasteiger partial charge in [0.25, 0.3) is 0 Å². The Morgan fingerprint density at radius 2 is 1.09 bits per heavy atom. The van der Waals surface area contributed by atoms with E-state index >= 15 is 0 Å². The van der Waals surface area contributed by atoms with Crippen molar-refractivity contribution in [1.82, 2.24) is 0 Å². The second-order valence-corrected chi connectivity index (χ2v) is 11.9. The average molecular weight is 563 g/mol. The number of para-hydroxylation sites is 1. The summed E-state index contributed by atoms with van der Waals surface area (Å²) in [6.07, 6.45) is 6.74. The molecular formula is C42H26O2. The van der Waals surface area contributed by atoms with Crippen LogP contribution in [0.15, 0.2) is 136 Å². The van der Waals surface area contributed by atoms with Crippen LogP contribution in [0, 0.1) is 0 Å². The molecule has 0 amide bonds. The molecule has 0 spiro atoms. The molecular weight excluding hydrogens is 536 g/mol. The molecule has 0 radical (unpaired) electrons. The Labute approximate surface area is 253 Å². The zero-order valence-electron chi connectivity index (χ0n) is 23.9. The minimum absolute atomic E-state index is 0.810. The van der Waals surface area contributed by atoms with Crippen molar-refractivity contribution in [2.24, 2.45) is 0 Å². The number of rotatable bonds is 2. The topological polar surface area (TPSA) is 26.3 Å². The molecule has 44 heavy (non-hydrogen) atoms. The first-order valence-corrected chi connectivity index (χ1v) is 15.3. The van der Waals surface area contributed by atoms with Gasteiger partial charge < -0.3 is 8.83 Å². The quantitative estimate of drug-likeness (QED) is 0.209. The van der Waals surface area contributed by atoms with Crippen molar-refractivity contribution >= 4 is 71.5 Å². The lowest BCUT2D eigenvalue weighted by Gasteiger charge is -2.24. The maximum Gasteiger partial charge on any atom is 0.178 e. The van der Waals surface area contributed by atoms with Gasteiger partial charge in [-0.05, 0) is 104 Å². The summed E-state index contributed by atoms with van der Waals surface area (Å²) in [4.78, 5) is 0. The van der Waals surface area contributed by atoms with Crippen LogP contribution >= 0.6 is 0 Å². The predicted molar refractivity (Wildman–Crippen MR) is 184 cm³/mol. The fourth-order valence-electron chi connectivity index (χ4n) is 7.54. The molecule has 0 atom stereocenters. The van der Waals surface area contributed by atoms with E-state index in [9.17, 15) is 0 Å². The SMILES string of the molecule is C1=Cc2c(c(-c3ccc4ccccc4c3)c3ccccc3c2-c2ccc3oc4c(ccc5c6ccccc6oc54)c3c2)CC1. The smallest absolute Gasteiger partial charge is 0.178 e. The van der Waals surface area contributed by atoms with Crippen LogP contribution in [0.25, 0.3) is 93.8 Å². The first-order chi connectivity index (χ1) is 21.8. The Hall–Kier alpha value is -5.60. The third kappa shape index (κ3) is 3.31. The number of hydrogen-bond donors (Lipinski definition) is 0. The van der Waals surface area contributed by atoms with Gasteiger partial charge >= 0.3 is 0 Å². The molecule has 206 valence electrons. The molecule has 1 aliphatic rings. The zero-order valence-corrected chi connectivity index (χ0v) is 23.9. The van der Waals surface area contributed by atoms with Crippen molar-refractivity contribution in [3.8, 4) is 22.3 Å². The highest BCUT2D eigenvalue weighted by molar-refractivity contribution is 6.20. The van der Waals surface area contributed by atoms with Gasteiger partial charge in [0.15, 0.2) is 11.2 Å². The molecule has 0 unspecified atom stereocenters. The molecule has 0 aliphatic heterocycles. The summed E-state index contributed by atoms with van der Waals surface area (Å²) >= 11 is 0. The van der Waals surface area contributed by atoms with E-state index in [4.69, 9.17) is 8.83 Å². The van der Waals surface area contributed by atoms with Crippen LogP contribution < -0.4 is 0 Å². The van der Waals surface area contributed by atoms with E-state index in [0.29, 0.717) is 0 Å². The first-order valence-electron chi connectivity index (χ1n) is 15.3. The molecule has 2 aromatic heterocycles. The van der Waals surface area contributed by atoms with Crippen LogP contribution in [0.2, 0.25) is 0 Å². The lowest BCUT2D eigenvalue weighted by molar-refractivity contribution is 0.633. The van der Waals surface area contributed by atoms with Crippen LogP contribution in [-0.4, -0.2) is 0 Å². The Morgan fingerprint density at radius 3 is 1.93 bits per heavy atom. The highest BCUT2D eigenvalue weighted by Gasteiger charge is 2.23. The number of furan rings is 2. The first kappa shape index (κ1) is 23.9. The van der Waals surface area contributed by atoms with E-state index < -0.39 is 0 Å². The summed E-state index contributed by atoms with van der Waals surface area (Å²) in [6.45, 7) is 0. The highest BCUT2D eigenvalue weighted by Crippen LogP contribution is 2.46. The molecule has 10 rings (SSSR count). The van der Waals surface area contributed by atoms with Crippen LogP contribution in [0.5, 0.6) is 0 Å². The Bertz CT molecular complexity index is 2660. The van der Waals surface area contributed by atoms with Crippen molar-refractivity contribution in [1.29, 1.82) is 0 Å². The largest absolute Gasteiger partial charge is 0.452 e. The van der Waals surface area contributed by atoms with Crippen LogP contribution in [0.3, 0.4) is 0 Å². The third-order valence-electron chi connectivity index (χ3n) is 9.52. The van der Waals surface area contributed by atoms with Crippen molar-refractivity contribution in [3.05, 3.63) is 139 Å². The zero-order chi connectivity index (χ0) is 28.8. The summed E-state index contributed by atoms with van der Waals surface area (Å²) < 4.78 is 12.8. The van der Waals surface area contributed by atoms with Gasteiger partial charge in [-0.1, -0.05) is 97.1 Å². The normalized spacial score (nSPS) is 13.2. The molecule has 0 saturated heterocycles. The van der Waals surface area contributed by atoms with Crippen LogP contribution in [0.4, 0.5) is 0 Å². The second-order valence-electron chi connectivity index (χ2n) is 11.9. The molecule has 0 fully saturated rings. The lowest BCUT2D eigenvalue weighted by atomic mass is 9.80. The Balaban J connectivity index is 1.25. The Kier molecular flexibility index (Phi) is 4.86. The maximum absolute atomic E-state index is 6.49. The monoisotopic (exact) mass is 562 g/mol. The van der Waals surface area contributed by atoms with Crippen LogP contribution in [-0.2, 0) is 6.42 Å². The summed E-state index contributed by atoms with van der Waals surface area (Å²) in [5.74, 6) is 0. The average Bonchev–Trinajstić information content (AvgIpc) is 3.65. The fourth-order valence-corrected chi connectivity index (χ4v) is 7.54. The van der Waals surface area contributed by atoms with Gasteiger partial charge in [0.2, 0.25) is 0 Å². The van der Waals surface area contributed by atoms with Crippen molar-refractivity contribution in [3.63, 3.8) is 0 Å². The molecule has 2 nitrogen and oxygen atoms in total. The number of hydrogen-bond acceptors (Lipinski definition) is 2. The van der Waals surface area contributed by atoms with E-state index in [1.807, 2.05) is 12.1 Å². The molecule has 0 bridgehead atoms. The van der Waals surface area contributed by atoms with Gasteiger partial charge in [0, 0.05) is 21.5 Å². The maximum atomic E-state index is 6.49. The van der Waals surface area contributed by atoms with Crippen LogP contribution in [0.1, 0.15) is 17.5 Å². The molecule has 0 saturated carbocycles. The lowest BCUT2D eigenvalue weighted by Crippen LogP contribution is -2.02. The number of allylic oxidation sites excluding steroid dienone is 1. The van der Waals surface area contributed by atoms with E-state index in [1.54, 1.807) is 0 Å². The molecule has 2 heterocycles. The van der Waals surface area contributed by atoms with Gasteiger partial charge in [0.05, 0.1) is 0 Å². The molecule has 9 aromatic rings. The summed E-state index contributed by atoms with van der Waals surface area (Å²) in [5, 5.41) is 9.50. The summed E-state index contributed by atoms with van der Waals surface area (Å²) in [6, 6.07) is 43.7. The van der Waals surface area contributed by atoms with Gasteiger partial charge in [0.1, 0.15) is 11.2 Å². The van der Waals surface area contributed by atoms with Gasteiger partial charge in [-0.2, -0.15) is 0 Å². The molecule has 2 heteroatoms. The summed E-state index contributed by atoms with van der Waals surface area (Å²) in [7, 11) is 0. The minimum atomic E-state index is 0.810. The molecule has 1 aliphatic carbocycles. The third-order valence-corrected chi connectivity index (χ3v) is 9.52. The van der Waals surface area contributed by atoms with E-state index in [0.717, 1.165) is 56.7 Å². The van der Waals surface area contributed by atoms with Crippen molar-refractivity contribution in [2.45, 2.75) is 12.8 Å². The van der Waals surface area contributed by atoms with E-state index in [2.05, 4.69) is 121 Å². The van der Waals surface area contributed by atoms with Crippen molar-refractivity contribution in [2.75, 3.05) is 0 Å². The van der Waals surface area contributed by atoms with Gasteiger partial charge in [-0.15, -0.1) is 0 Å². The second kappa shape index (κ2) is 8.95. The standard InChI is InChI=1S/C42H26O2/c1-2-10-26-23-27(18-17-25(26)9-1)39-30-12-3-5-14-32(30)40(33-15-6-4-13-31(33)39)28-19-22-38-36(24-28)35-21-20-34-29-11-7-8-16-37(29)43-41(34)42(35)44-38/h1-3,5-12,14-24H,4,13H2.